The first kappa shape index (κ1) is 17.5. The first-order chi connectivity index (χ1) is 13.1. The summed E-state index contributed by atoms with van der Waals surface area (Å²) in [5.41, 5.74) is 3.25. The number of H-pyrrole nitrogens is 1. The van der Waals surface area contributed by atoms with E-state index in [4.69, 9.17) is 0 Å². The second-order valence-electron chi connectivity index (χ2n) is 6.93. The van der Waals surface area contributed by atoms with E-state index < -0.39 is 0 Å². The van der Waals surface area contributed by atoms with Crippen molar-refractivity contribution in [2.24, 2.45) is 0 Å². The summed E-state index contributed by atoms with van der Waals surface area (Å²) in [5, 5.41) is 21.8. The van der Waals surface area contributed by atoms with Crippen molar-refractivity contribution in [2.75, 3.05) is 18.0 Å². The minimum atomic E-state index is -0.378. The van der Waals surface area contributed by atoms with Crippen LogP contribution in [-0.2, 0) is 6.61 Å². The molecule has 7 heteroatoms. The Morgan fingerprint density at radius 2 is 2.00 bits per heavy atom. The highest BCUT2D eigenvalue weighted by atomic mass is 19.1. The normalized spacial score (nSPS) is 15.4. The molecule has 0 aliphatic carbocycles. The Labute approximate surface area is 155 Å². The van der Waals surface area contributed by atoms with Crippen molar-refractivity contribution in [3.8, 4) is 0 Å². The lowest BCUT2D eigenvalue weighted by Gasteiger charge is -2.33. The molecule has 0 radical (unpaired) electrons. The van der Waals surface area contributed by atoms with Gasteiger partial charge in [0.05, 0.1) is 11.5 Å². The standard InChI is InChI=1S/C20H20FN3O3/c21-15-2-3-16-17(11-22-18(16)10-15)14-5-7-23(8-6-14)20-9-13(12-25)1-4-19(20)24(26)27/h1-4,9-11,14,22,25H,5-8,12H2. The molecule has 2 aromatic carbocycles. The Morgan fingerprint density at radius 1 is 1.22 bits per heavy atom. The van der Waals surface area contributed by atoms with Gasteiger partial charge in [0.1, 0.15) is 11.5 Å². The van der Waals surface area contributed by atoms with Crippen LogP contribution in [0.1, 0.15) is 29.9 Å². The third-order valence-electron chi connectivity index (χ3n) is 5.37. The van der Waals surface area contributed by atoms with Crippen LogP contribution in [0.25, 0.3) is 10.9 Å². The number of nitrogens with zero attached hydrogens (tertiary/aromatic N) is 2. The summed E-state index contributed by atoms with van der Waals surface area (Å²) >= 11 is 0. The Kier molecular flexibility index (Phi) is 4.53. The molecular formula is C20H20FN3O3. The average Bonchev–Trinajstić information content (AvgIpc) is 3.10. The number of benzene rings is 2. The van der Waals surface area contributed by atoms with Crippen LogP contribution in [0.5, 0.6) is 0 Å². The number of nitro groups is 1. The highest BCUT2D eigenvalue weighted by Gasteiger charge is 2.27. The van der Waals surface area contributed by atoms with Crippen LogP contribution in [-0.4, -0.2) is 28.1 Å². The number of fused-ring (bicyclic) bond motifs is 1. The summed E-state index contributed by atoms with van der Waals surface area (Å²) in [6.45, 7) is 1.23. The molecule has 0 saturated carbocycles. The predicted octanol–water partition coefficient (Wildman–Crippen LogP) is 4.09. The largest absolute Gasteiger partial charge is 0.392 e. The monoisotopic (exact) mass is 369 g/mol. The van der Waals surface area contributed by atoms with E-state index in [1.54, 1.807) is 18.2 Å². The van der Waals surface area contributed by atoms with Gasteiger partial charge in [-0.15, -0.1) is 0 Å². The van der Waals surface area contributed by atoms with E-state index in [0.29, 0.717) is 30.3 Å². The van der Waals surface area contributed by atoms with Crippen molar-refractivity contribution in [1.29, 1.82) is 0 Å². The lowest BCUT2D eigenvalue weighted by atomic mass is 9.89. The molecule has 0 amide bonds. The molecule has 1 aromatic heterocycles. The fourth-order valence-corrected chi connectivity index (χ4v) is 3.97. The van der Waals surface area contributed by atoms with Gasteiger partial charge < -0.3 is 15.0 Å². The molecule has 0 bridgehead atoms. The van der Waals surface area contributed by atoms with Crippen LogP contribution in [0, 0.1) is 15.9 Å². The summed E-state index contributed by atoms with van der Waals surface area (Å²) in [4.78, 5) is 16.1. The number of nitrogens with one attached hydrogen (secondary N) is 1. The van der Waals surface area contributed by atoms with Crippen molar-refractivity contribution >= 4 is 22.3 Å². The molecular weight excluding hydrogens is 349 g/mol. The number of hydrogen-bond donors (Lipinski definition) is 2. The van der Waals surface area contributed by atoms with Crippen molar-refractivity contribution in [2.45, 2.75) is 25.4 Å². The maximum atomic E-state index is 13.4. The molecule has 1 saturated heterocycles. The Bertz CT molecular complexity index is 993. The van der Waals surface area contributed by atoms with Crippen molar-refractivity contribution < 1.29 is 14.4 Å². The van der Waals surface area contributed by atoms with Crippen molar-refractivity contribution in [3.05, 3.63) is 69.7 Å². The third-order valence-corrected chi connectivity index (χ3v) is 5.37. The van der Waals surface area contributed by atoms with Gasteiger partial charge in [-0.3, -0.25) is 10.1 Å². The minimum Gasteiger partial charge on any atom is -0.392 e. The van der Waals surface area contributed by atoms with Gasteiger partial charge in [-0.25, -0.2) is 4.39 Å². The van der Waals surface area contributed by atoms with Crippen LogP contribution >= 0.6 is 0 Å². The van der Waals surface area contributed by atoms with E-state index in [1.165, 1.54) is 23.8 Å². The Balaban J connectivity index is 1.56. The number of anilines is 1. The molecule has 6 nitrogen and oxygen atoms in total. The lowest BCUT2D eigenvalue weighted by molar-refractivity contribution is -0.384. The highest BCUT2D eigenvalue weighted by molar-refractivity contribution is 5.83. The third kappa shape index (κ3) is 3.26. The zero-order valence-corrected chi connectivity index (χ0v) is 14.7. The number of nitro benzene ring substituents is 1. The topological polar surface area (TPSA) is 82.4 Å². The zero-order chi connectivity index (χ0) is 19.0. The van der Waals surface area contributed by atoms with Gasteiger partial charge in [-0.2, -0.15) is 0 Å². The first-order valence-corrected chi connectivity index (χ1v) is 8.96. The molecule has 1 aliphatic rings. The molecule has 2 heterocycles. The summed E-state index contributed by atoms with van der Waals surface area (Å²) in [6, 6.07) is 9.52. The van der Waals surface area contributed by atoms with Gasteiger partial charge in [-0.1, -0.05) is 0 Å². The number of aliphatic hydroxyl groups is 1. The Morgan fingerprint density at radius 3 is 2.70 bits per heavy atom. The van der Waals surface area contributed by atoms with Gasteiger partial charge >= 0.3 is 0 Å². The van der Waals surface area contributed by atoms with Gasteiger partial charge in [0.25, 0.3) is 5.69 Å². The van der Waals surface area contributed by atoms with Crippen LogP contribution < -0.4 is 4.90 Å². The van der Waals surface area contributed by atoms with Gasteiger partial charge in [0.15, 0.2) is 0 Å². The number of aromatic nitrogens is 1. The summed E-state index contributed by atoms with van der Waals surface area (Å²) in [7, 11) is 0. The number of hydrogen-bond acceptors (Lipinski definition) is 4. The minimum absolute atomic E-state index is 0.0632. The average molecular weight is 369 g/mol. The molecule has 0 unspecified atom stereocenters. The molecule has 2 N–H and O–H groups in total. The predicted molar refractivity (Wildman–Crippen MR) is 101 cm³/mol. The van der Waals surface area contributed by atoms with Gasteiger partial charge in [-0.05, 0) is 60.2 Å². The summed E-state index contributed by atoms with van der Waals surface area (Å²) < 4.78 is 13.4. The number of aromatic amines is 1. The SMILES string of the molecule is O=[N+]([O-])c1ccc(CO)cc1N1CCC(c2c[nH]c3cc(F)ccc23)CC1. The molecule has 27 heavy (non-hydrogen) atoms. The first-order valence-electron chi connectivity index (χ1n) is 8.96. The van der Waals surface area contributed by atoms with E-state index in [2.05, 4.69) is 4.98 Å². The van der Waals surface area contributed by atoms with E-state index in [9.17, 15) is 19.6 Å². The number of rotatable bonds is 4. The molecule has 0 spiro atoms. The molecule has 0 atom stereocenters. The second kappa shape index (κ2) is 7.00. The lowest BCUT2D eigenvalue weighted by Crippen LogP contribution is -2.33. The van der Waals surface area contributed by atoms with Crippen LogP contribution in [0.4, 0.5) is 15.8 Å². The molecule has 4 rings (SSSR count). The molecule has 1 fully saturated rings. The van der Waals surface area contributed by atoms with E-state index in [0.717, 1.165) is 23.7 Å². The van der Waals surface area contributed by atoms with Gasteiger partial charge in [0, 0.05) is 36.3 Å². The quantitative estimate of drug-likeness (QED) is 0.536. The smallest absolute Gasteiger partial charge is 0.292 e. The summed E-state index contributed by atoms with van der Waals surface area (Å²) in [5.74, 6) is 0.0577. The number of aliphatic hydroxyl groups excluding tert-OH is 1. The fraction of sp³-hybridized carbons (Fsp3) is 0.300. The highest BCUT2D eigenvalue weighted by Crippen LogP contribution is 2.37. The summed E-state index contributed by atoms with van der Waals surface area (Å²) in [6.07, 6.45) is 3.65. The van der Waals surface area contributed by atoms with E-state index >= 15 is 0 Å². The van der Waals surface area contributed by atoms with Gasteiger partial charge in [0.2, 0.25) is 0 Å². The van der Waals surface area contributed by atoms with E-state index in [1.807, 2.05) is 11.1 Å². The van der Waals surface area contributed by atoms with E-state index in [-0.39, 0.29) is 23.0 Å². The van der Waals surface area contributed by atoms with Crippen LogP contribution in [0.2, 0.25) is 0 Å². The molecule has 3 aromatic rings. The van der Waals surface area contributed by atoms with Crippen molar-refractivity contribution in [1.82, 2.24) is 4.98 Å². The molecule has 1 aliphatic heterocycles. The maximum absolute atomic E-state index is 13.4. The second-order valence-corrected chi connectivity index (χ2v) is 6.93. The number of piperidine rings is 1. The number of halogens is 1. The molecule has 140 valence electrons. The fourth-order valence-electron chi connectivity index (χ4n) is 3.97. The zero-order valence-electron chi connectivity index (χ0n) is 14.7. The maximum Gasteiger partial charge on any atom is 0.292 e. The Hall–Kier alpha value is -2.93. The van der Waals surface area contributed by atoms with Crippen LogP contribution in [0.15, 0.2) is 42.6 Å². The van der Waals surface area contributed by atoms with Crippen molar-refractivity contribution in [3.63, 3.8) is 0 Å². The van der Waals surface area contributed by atoms with Crippen LogP contribution in [0.3, 0.4) is 0 Å².